The number of rotatable bonds is 4. The van der Waals surface area contributed by atoms with E-state index in [2.05, 4.69) is 0 Å². The zero-order valence-electron chi connectivity index (χ0n) is 14.7. The Kier molecular flexibility index (Phi) is 4.52. The number of halogens is 1. The van der Waals surface area contributed by atoms with Crippen LogP contribution in [0.4, 0.5) is 16.2 Å². The van der Waals surface area contributed by atoms with E-state index < -0.39 is 21.9 Å². The molecule has 0 spiro atoms. The number of hydrogen-bond donors (Lipinski definition) is 0. The largest absolute Gasteiger partial charge is 0.494 e. The molecule has 2 fully saturated rings. The highest BCUT2D eigenvalue weighted by Crippen LogP contribution is 2.38. The van der Waals surface area contributed by atoms with Crippen molar-refractivity contribution < 1.29 is 17.9 Å². The second kappa shape index (κ2) is 6.73. The normalized spacial score (nSPS) is 23.6. The molecule has 2 aliphatic rings. The Morgan fingerprint density at radius 2 is 1.44 bits per heavy atom. The molecule has 2 aromatic carbocycles. The van der Waals surface area contributed by atoms with E-state index in [9.17, 15) is 13.2 Å². The van der Waals surface area contributed by atoms with Crippen LogP contribution in [0.3, 0.4) is 0 Å². The summed E-state index contributed by atoms with van der Waals surface area (Å²) in [5, 5.41) is 0.560. The summed E-state index contributed by atoms with van der Waals surface area (Å²) >= 11 is 5.95. The summed E-state index contributed by atoms with van der Waals surface area (Å²) in [5.74, 6) is 0.623. The van der Waals surface area contributed by atoms with E-state index in [1.54, 1.807) is 58.3 Å². The van der Waals surface area contributed by atoms with Gasteiger partial charge in [0, 0.05) is 16.4 Å². The van der Waals surface area contributed by atoms with E-state index in [1.165, 1.54) is 0 Å². The zero-order chi connectivity index (χ0) is 19.2. The number of fused-ring (bicyclic) bond motifs is 1. The highest BCUT2D eigenvalue weighted by atomic mass is 35.5. The number of hydrogen-bond acceptors (Lipinski definition) is 4. The van der Waals surface area contributed by atoms with Crippen LogP contribution in [-0.2, 0) is 9.84 Å². The minimum atomic E-state index is -3.22. The number of ether oxygens (including phenoxy) is 1. The molecule has 0 saturated carbocycles. The molecule has 4 rings (SSSR count). The third kappa shape index (κ3) is 3.26. The molecule has 2 heterocycles. The van der Waals surface area contributed by atoms with Gasteiger partial charge >= 0.3 is 6.03 Å². The van der Waals surface area contributed by atoms with E-state index in [0.29, 0.717) is 28.8 Å². The number of amides is 2. The van der Waals surface area contributed by atoms with Crippen LogP contribution in [0.2, 0.25) is 5.02 Å². The second-order valence-corrected chi connectivity index (χ2v) is 9.23. The van der Waals surface area contributed by atoms with Gasteiger partial charge in [-0.3, -0.25) is 9.80 Å². The van der Waals surface area contributed by atoms with Crippen LogP contribution in [0.15, 0.2) is 48.5 Å². The average Bonchev–Trinajstić information content (AvgIpc) is 3.06. The number of anilines is 2. The van der Waals surface area contributed by atoms with Crippen LogP contribution in [0.5, 0.6) is 5.75 Å². The molecular formula is C19H19ClN2O4S. The maximum absolute atomic E-state index is 13.2. The van der Waals surface area contributed by atoms with Gasteiger partial charge < -0.3 is 4.74 Å². The van der Waals surface area contributed by atoms with Crippen molar-refractivity contribution in [1.82, 2.24) is 0 Å². The van der Waals surface area contributed by atoms with Crippen LogP contribution < -0.4 is 14.5 Å². The minimum Gasteiger partial charge on any atom is -0.494 e. The van der Waals surface area contributed by atoms with E-state index >= 15 is 0 Å². The first-order chi connectivity index (χ1) is 12.9. The van der Waals surface area contributed by atoms with E-state index in [-0.39, 0.29) is 17.5 Å². The third-order valence-electron chi connectivity index (χ3n) is 4.90. The summed E-state index contributed by atoms with van der Waals surface area (Å²) < 4.78 is 30.0. The molecule has 0 bridgehead atoms. The van der Waals surface area contributed by atoms with Gasteiger partial charge in [0.05, 0.1) is 30.2 Å². The molecule has 8 heteroatoms. The number of benzene rings is 2. The van der Waals surface area contributed by atoms with Gasteiger partial charge in [-0.1, -0.05) is 11.6 Å². The molecule has 27 heavy (non-hydrogen) atoms. The number of carbonyl (C=O) groups excluding carboxylic acids is 1. The van der Waals surface area contributed by atoms with Crippen molar-refractivity contribution in [2.24, 2.45) is 0 Å². The van der Waals surface area contributed by atoms with Crippen molar-refractivity contribution in [3.05, 3.63) is 53.6 Å². The van der Waals surface area contributed by atoms with Crippen LogP contribution in [0.1, 0.15) is 6.92 Å². The van der Waals surface area contributed by atoms with E-state index in [1.807, 2.05) is 6.92 Å². The fraction of sp³-hybridized carbons (Fsp3) is 0.316. The van der Waals surface area contributed by atoms with Crippen LogP contribution >= 0.6 is 11.6 Å². The Morgan fingerprint density at radius 3 is 1.93 bits per heavy atom. The van der Waals surface area contributed by atoms with Crippen LogP contribution in [0.25, 0.3) is 0 Å². The molecule has 142 valence electrons. The number of carbonyl (C=O) groups is 1. The Balaban J connectivity index is 1.73. The lowest BCUT2D eigenvalue weighted by molar-refractivity contribution is 0.255. The fourth-order valence-electron chi connectivity index (χ4n) is 3.78. The standard InChI is InChI=1S/C19H19ClN2O4S/c1-2-26-16-9-7-15(8-10-16)22-18-12-27(24,25)11-17(18)21(19(22)23)14-5-3-13(20)4-6-14/h3-10,17-18H,2,11-12H2,1H3. The summed E-state index contributed by atoms with van der Waals surface area (Å²) in [5.41, 5.74) is 1.30. The lowest BCUT2D eigenvalue weighted by Gasteiger charge is -2.23. The molecule has 0 radical (unpaired) electrons. The number of nitrogens with zero attached hydrogens (tertiary/aromatic N) is 2. The smallest absolute Gasteiger partial charge is 0.329 e. The first kappa shape index (κ1) is 18.1. The lowest BCUT2D eigenvalue weighted by Crippen LogP contribution is -2.37. The lowest BCUT2D eigenvalue weighted by atomic mass is 10.1. The first-order valence-electron chi connectivity index (χ1n) is 8.71. The van der Waals surface area contributed by atoms with Crippen molar-refractivity contribution in [3.63, 3.8) is 0 Å². The van der Waals surface area contributed by atoms with Gasteiger partial charge in [-0.25, -0.2) is 13.2 Å². The molecule has 2 atom stereocenters. The zero-order valence-corrected chi connectivity index (χ0v) is 16.3. The molecule has 2 unspecified atom stereocenters. The molecule has 0 aromatic heterocycles. The summed E-state index contributed by atoms with van der Waals surface area (Å²) in [7, 11) is -3.22. The quantitative estimate of drug-likeness (QED) is 0.730. The van der Waals surface area contributed by atoms with Crippen LogP contribution in [0, 0.1) is 0 Å². The molecule has 6 nitrogen and oxygen atoms in total. The minimum absolute atomic E-state index is 0.0410. The van der Waals surface area contributed by atoms with E-state index in [0.717, 1.165) is 0 Å². The maximum Gasteiger partial charge on any atom is 0.329 e. The number of urea groups is 1. The number of sulfone groups is 1. The molecule has 2 amide bonds. The maximum atomic E-state index is 13.2. The molecule has 2 aliphatic heterocycles. The highest BCUT2D eigenvalue weighted by molar-refractivity contribution is 7.91. The van der Waals surface area contributed by atoms with Gasteiger partial charge in [-0.15, -0.1) is 0 Å². The summed E-state index contributed by atoms with van der Waals surface area (Å²) in [6.45, 7) is 2.45. The van der Waals surface area contributed by atoms with Crippen molar-refractivity contribution in [2.75, 3.05) is 27.9 Å². The second-order valence-electron chi connectivity index (χ2n) is 6.64. The summed E-state index contributed by atoms with van der Waals surface area (Å²) in [6.07, 6.45) is 0. The Bertz CT molecular complexity index is 960. The van der Waals surface area contributed by atoms with Crippen molar-refractivity contribution in [2.45, 2.75) is 19.0 Å². The monoisotopic (exact) mass is 406 g/mol. The summed E-state index contributed by atoms with van der Waals surface area (Å²) in [6, 6.07) is 13.0. The van der Waals surface area contributed by atoms with Gasteiger partial charge in [0.2, 0.25) is 0 Å². The van der Waals surface area contributed by atoms with Gasteiger partial charge in [-0.05, 0) is 55.5 Å². The predicted molar refractivity (Wildman–Crippen MR) is 106 cm³/mol. The van der Waals surface area contributed by atoms with Gasteiger partial charge in [0.25, 0.3) is 0 Å². The Morgan fingerprint density at radius 1 is 0.963 bits per heavy atom. The molecule has 2 saturated heterocycles. The average molecular weight is 407 g/mol. The van der Waals surface area contributed by atoms with Crippen molar-refractivity contribution in [3.8, 4) is 5.75 Å². The molecule has 2 aromatic rings. The van der Waals surface area contributed by atoms with Crippen molar-refractivity contribution >= 4 is 38.8 Å². The van der Waals surface area contributed by atoms with Crippen molar-refractivity contribution in [1.29, 1.82) is 0 Å². The first-order valence-corrected chi connectivity index (χ1v) is 10.9. The molecular weight excluding hydrogens is 388 g/mol. The highest BCUT2D eigenvalue weighted by Gasteiger charge is 2.54. The topological polar surface area (TPSA) is 66.9 Å². The fourth-order valence-corrected chi connectivity index (χ4v) is 5.82. The Labute approximate surface area is 163 Å². The third-order valence-corrected chi connectivity index (χ3v) is 6.85. The van der Waals surface area contributed by atoms with Crippen LogP contribution in [-0.4, -0.2) is 44.6 Å². The van der Waals surface area contributed by atoms with Gasteiger partial charge in [0.15, 0.2) is 9.84 Å². The Hall–Kier alpha value is -2.25. The van der Waals surface area contributed by atoms with E-state index in [4.69, 9.17) is 16.3 Å². The summed E-state index contributed by atoms with van der Waals surface area (Å²) in [4.78, 5) is 16.4. The SMILES string of the molecule is CCOc1ccc(N2C(=O)N(c3ccc(Cl)cc3)C3CS(=O)(=O)CC32)cc1. The molecule has 0 aliphatic carbocycles. The molecule has 0 N–H and O–H groups in total. The van der Waals surface area contributed by atoms with Gasteiger partial charge in [0.1, 0.15) is 5.75 Å². The predicted octanol–water partition coefficient (Wildman–Crippen LogP) is 3.35. The van der Waals surface area contributed by atoms with Gasteiger partial charge in [-0.2, -0.15) is 0 Å².